The zero-order valence-electron chi connectivity index (χ0n) is 52.3. The number of hydrogen-bond acceptors (Lipinski definition) is 15. The molecule has 18 nitrogen and oxygen atoms in total. The van der Waals surface area contributed by atoms with E-state index < -0.39 is 72.1 Å². The van der Waals surface area contributed by atoms with Crippen LogP contribution < -0.4 is 10.1 Å². The molecule has 1 aromatic rings. The molecular formula is C54H106F6N3O15PS3Si2. The standard InChI is InChI=1S/C24H52P.C16H27NO8SSi.C12H28NO3Si.C2F6NO4S2/c1-5-9-13-14-15-16-17-18-19-20-24-25(21-10-6-2,22-11-7-3)23-12-8-4;1-4-22-27(23-5-2,24-6-3)13-7-12-17-16(18)25-14-8-10-15(11-9-14)26(19,20)21;1-13(9-6-5-7-10-13)11-8-12-17(14-2,15-3)16-4;3-1(4,5)14(10,11)9-15(12,13)2(6,7)8/h5-24H2,1-4H3;8-11H,4-7,12-13H2,1-3H3,(H,17,18)(H,19,20,21);5-12H2,1-4H3;/q+1;;+1;-1/p-1. The fourth-order valence-electron chi connectivity index (χ4n) is 9.35. The molecule has 1 fully saturated rings. The minimum atomic E-state index is -6.72. The molecule has 1 aliphatic heterocycles. The third-order valence-electron chi connectivity index (χ3n) is 14.1. The van der Waals surface area contributed by atoms with Crippen LogP contribution in [0.1, 0.15) is 183 Å². The lowest BCUT2D eigenvalue weighted by atomic mass is 10.1. The predicted molar refractivity (Wildman–Crippen MR) is 326 cm³/mol. The van der Waals surface area contributed by atoms with Crippen molar-refractivity contribution in [2.24, 2.45) is 0 Å². The number of carbonyl (C=O) groups excluding carboxylic acids is 1. The van der Waals surface area contributed by atoms with Crippen LogP contribution in [0, 0.1) is 0 Å². The van der Waals surface area contributed by atoms with Gasteiger partial charge in [-0.3, -0.25) is 0 Å². The van der Waals surface area contributed by atoms with E-state index in [-0.39, 0.29) is 10.6 Å². The lowest BCUT2D eigenvalue weighted by Crippen LogP contribution is -2.50. The average molecular weight is 1330 g/mol. The number of hydrogen-bond donors (Lipinski definition) is 1. The largest absolute Gasteiger partial charge is 0.744 e. The van der Waals surface area contributed by atoms with E-state index in [1.807, 2.05) is 20.8 Å². The summed E-state index contributed by atoms with van der Waals surface area (Å²) in [6, 6.07) is 6.11. The van der Waals surface area contributed by atoms with E-state index in [0.717, 1.165) is 28.7 Å². The number of piperidine rings is 1. The Kier molecular flexibility index (Phi) is 45.1. The molecule has 84 heavy (non-hydrogen) atoms. The Hall–Kier alpha value is -1.58. The number of rotatable bonds is 41. The molecule has 0 aromatic heterocycles. The first-order valence-electron chi connectivity index (χ1n) is 29.9. The van der Waals surface area contributed by atoms with Gasteiger partial charge in [0, 0.05) is 73.5 Å². The van der Waals surface area contributed by atoms with E-state index >= 15 is 0 Å². The summed E-state index contributed by atoms with van der Waals surface area (Å²) < 4.78 is 182. The third kappa shape index (κ3) is 36.8. The minimum absolute atomic E-state index is 0.126. The van der Waals surface area contributed by atoms with Gasteiger partial charge in [0.1, 0.15) is 15.9 Å². The summed E-state index contributed by atoms with van der Waals surface area (Å²) in [5.41, 5.74) is -12.4. The Balaban J connectivity index is 0. The molecule has 1 saturated heterocycles. The molecule has 1 N–H and O–H groups in total. The molecule has 0 unspecified atom stereocenters. The van der Waals surface area contributed by atoms with Crippen molar-refractivity contribution < 1.29 is 96.7 Å². The van der Waals surface area contributed by atoms with Crippen molar-refractivity contribution in [3.8, 4) is 5.75 Å². The van der Waals surface area contributed by atoms with E-state index in [9.17, 15) is 60.9 Å². The Morgan fingerprint density at radius 2 is 0.952 bits per heavy atom. The van der Waals surface area contributed by atoms with Crippen molar-refractivity contribution in [2.75, 3.05) is 99.0 Å². The highest BCUT2D eigenvalue weighted by Crippen LogP contribution is 2.61. The summed E-state index contributed by atoms with van der Waals surface area (Å²) in [6.45, 7) is 20.7. The second-order valence-corrected chi connectivity index (χ2v) is 36.1. The van der Waals surface area contributed by atoms with Gasteiger partial charge in [0.25, 0.3) is 0 Å². The normalized spacial score (nSPS) is 14.3. The predicted octanol–water partition coefficient (Wildman–Crippen LogP) is 14.4. The molecule has 30 heteroatoms. The van der Waals surface area contributed by atoms with Gasteiger partial charge in [-0.25, -0.2) is 30.0 Å². The van der Waals surface area contributed by atoms with Gasteiger partial charge in [-0.05, 0) is 103 Å². The van der Waals surface area contributed by atoms with Crippen LogP contribution in [0.4, 0.5) is 31.1 Å². The number of alkyl halides is 6. The lowest BCUT2D eigenvalue weighted by Gasteiger charge is -2.38. The van der Waals surface area contributed by atoms with Crippen molar-refractivity contribution >= 4 is 61.1 Å². The number of nitrogens with zero attached hydrogens (tertiary/aromatic N) is 2. The molecule has 0 saturated carbocycles. The maximum Gasteiger partial charge on any atom is 0.500 e. The maximum atomic E-state index is 11.8. The van der Waals surface area contributed by atoms with Gasteiger partial charge >= 0.3 is 34.7 Å². The topological polar surface area (TPSA) is 233 Å². The number of sulfonamides is 2. The first kappa shape index (κ1) is 84.5. The highest BCUT2D eigenvalue weighted by atomic mass is 32.3. The summed E-state index contributed by atoms with van der Waals surface area (Å²) >= 11 is 0. The quantitative estimate of drug-likeness (QED) is 0.0160. The molecule has 500 valence electrons. The van der Waals surface area contributed by atoms with E-state index in [4.69, 9.17) is 31.3 Å². The first-order valence-corrected chi connectivity index (χ1v) is 40.6. The van der Waals surface area contributed by atoms with E-state index in [1.54, 1.807) is 52.4 Å². The second-order valence-electron chi connectivity index (χ2n) is 21.0. The van der Waals surface area contributed by atoms with Gasteiger partial charge in [-0.2, -0.15) is 26.3 Å². The van der Waals surface area contributed by atoms with E-state index in [0.29, 0.717) is 38.8 Å². The van der Waals surface area contributed by atoms with Gasteiger partial charge in [0.15, 0.2) is 20.0 Å². The summed E-state index contributed by atoms with van der Waals surface area (Å²) in [7, 11) is -16.2. The summed E-state index contributed by atoms with van der Waals surface area (Å²) in [5.74, 6) is 0.126. The van der Waals surface area contributed by atoms with E-state index in [2.05, 4.69) is 40.1 Å². The highest BCUT2D eigenvalue weighted by Gasteiger charge is 2.47. The molecule has 2 rings (SSSR count). The van der Waals surface area contributed by atoms with Crippen LogP contribution >= 0.6 is 7.26 Å². The zero-order chi connectivity index (χ0) is 64.5. The number of carbonyl (C=O) groups is 1. The van der Waals surface area contributed by atoms with Crippen LogP contribution in [0.15, 0.2) is 29.2 Å². The Labute approximate surface area is 505 Å². The Morgan fingerprint density at radius 1 is 0.571 bits per heavy atom. The molecule has 1 heterocycles. The Morgan fingerprint density at radius 3 is 1.32 bits per heavy atom. The molecule has 0 aliphatic carbocycles. The van der Waals surface area contributed by atoms with Crippen LogP contribution in [0.2, 0.25) is 12.1 Å². The third-order valence-corrected chi connectivity index (χ3v) is 28.7. The number of benzene rings is 1. The summed E-state index contributed by atoms with van der Waals surface area (Å²) in [6.07, 6.45) is 35.1. The average Bonchev–Trinajstić information content (AvgIpc) is 3.19. The van der Waals surface area contributed by atoms with Crippen LogP contribution in [0.25, 0.3) is 4.13 Å². The molecule has 0 bridgehead atoms. The number of quaternary nitrogens is 1. The van der Waals surface area contributed by atoms with Crippen LogP contribution in [-0.4, -0.2) is 168 Å². The number of ether oxygens (including phenoxy) is 1. The van der Waals surface area contributed by atoms with Crippen LogP contribution in [0.5, 0.6) is 5.75 Å². The molecule has 1 amide bonds. The van der Waals surface area contributed by atoms with E-state index in [1.165, 1.54) is 152 Å². The first-order chi connectivity index (χ1) is 39.3. The maximum absolute atomic E-state index is 11.8. The number of unbranched alkanes of at least 4 members (excludes halogenated alkanes) is 12. The van der Waals surface area contributed by atoms with Crippen molar-refractivity contribution in [3.05, 3.63) is 28.4 Å². The van der Waals surface area contributed by atoms with Crippen molar-refractivity contribution in [1.29, 1.82) is 0 Å². The SMILES string of the molecule is CCCCCCCCCCCC[P+](CCCC)(CCCC)CCCC.CCO[Si](CCCNC(=O)Oc1ccc(S(=O)(=O)[O-])cc1)(OCC)OCC.CO[Si](CCC[N+]1(C)CCCCC1)(OC)OC.O=S(=O)([N-]S(=O)(=O)C(F)(F)F)C(F)(F)F. The smallest absolute Gasteiger partial charge is 0.500 e. The summed E-state index contributed by atoms with van der Waals surface area (Å²) in [5, 5.41) is 2.59. The van der Waals surface area contributed by atoms with Crippen molar-refractivity contribution in [1.82, 2.24) is 5.32 Å². The molecule has 0 radical (unpaired) electrons. The van der Waals surface area contributed by atoms with Gasteiger partial charge < -0.3 is 49.8 Å². The lowest BCUT2D eigenvalue weighted by molar-refractivity contribution is -0.914. The molecule has 0 atom stereocenters. The van der Waals surface area contributed by atoms with Gasteiger partial charge in [-0.15, -0.1) is 0 Å². The highest BCUT2D eigenvalue weighted by molar-refractivity contribution is 8.13. The summed E-state index contributed by atoms with van der Waals surface area (Å²) in [4.78, 5) is 11.4. The van der Waals surface area contributed by atoms with Crippen LogP contribution in [-0.2, 0) is 56.7 Å². The Bertz CT molecular complexity index is 2100. The zero-order valence-corrected chi connectivity index (χ0v) is 57.7. The van der Waals surface area contributed by atoms with Crippen LogP contribution in [0.3, 0.4) is 0 Å². The van der Waals surface area contributed by atoms with Gasteiger partial charge in [0.2, 0.25) is 0 Å². The molecular weight excluding hydrogens is 1230 g/mol. The number of amides is 1. The second kappa shape index (κ2) is 44.8. The fraction of sp³-hybridized carbons (Fsp3) is 0.870. The monoisotopic (exact) mass is 1330 g/mol. The molecule has 0 spiro atoms. The number of nitrogens with one attached hydrogen (secondary N) is 1. The number of halogens is 6. The number of likely N-dealkylation sites (tertiary alicyclic amines) is 1. The van der Waals surface area contributed by atoms with Gasteiger partial charge in [-0.1, -0.05) is 98.3 Å². The molecule has 1 aliphatic rings. The minimum Gasteiger partial charge on any atom is -0.744 e. The molecule has 1 aromatic carbocycles. The van der Waals surface area contributed by atoms with Crippen molar-refractivity contribution in [3.63, 3.8) is 0 Å². The van der Waals surface area contributed by atoms with Gasteiger partial charge in [0.05, 0.1) is 56.2 Å². The fourth-order valence-corrected chi connectivity index (χ4v) is 21.0. The van der Waals surface area contributed by atoms with Crippen molar-refractivity contribution in [2.45, 2.75) is 211 Å².